The maximum atomic E-state index is 11.1. The predicted molar refractivity (Wildman–Crippen MR) is 80.6 cm³/mol. The summed E-state index contributed by atoms with van der Waals surface area (Å²) in [6.07, 6.45) is 0. The molecule has 21 heavy (non-hydrogen) atoms. The number of rotatable bonds is 6. The first-order valence-electron chi connectivity index (χ1n) is 6.41. The van der Waals surface area contributed by atoms with Gasteiger partial charge in [0.15, 0.2) is 0 Å². The molecule has 2 aromatic carbocycles. The Morgan fingerprint density at radius 2 is 1.90 bits per heavy atom. The van der Waals surface area contributed by atoms with Crippen LogP contribution in [0.1, 0.15) is 15.9 Å². The number of hydrogen-bond donors (Lipinski definition) is 1. The van der Waals surface area contributed by atoms with Crippen molar-refractivity contribution in [2.24, 2.45) is 0 Å². The predicted octanol–water partition coefficient (Wildman–Crippen LogP) is 3.80. The van der Waals surface area contributed by atoms with E-state index in [-0.39, 0.29) is 12.2 Å². The number of benzene rings is 2. The van der Waals surface area contributed by atoms with E-state index in [0.717, 1.165) is 5.56 Å². The first-order chi connectivity index (χ1) is 10.1. The number of carbonyl (C=O) groups is 1. The van der Waals surface area contributed by atoms with Crippen molar-refractivity contribution in [3.05, 3.63) is 58.6 Å². The molecule has 5 heteroatoms. The van der Waals surface area contributed by atoms with Crippen molar-refractivity contribution >= 4 is 17.6 Å². The third kappa shape index (κ3) is 4.39. The smallest absolute Gasteiger partial charge is 0.339 e. The molecule has 2 aromatic rings. The summed E-state index contributed by atoms with van der Waals surface area (Å²) in [4.78, 5) is 11.1. The molecule has 0 fully saturated rings. The normalized spacial score (nSPS) is 10.2. The van der Waals surface area contributed by atoms with Crippen LogP contribution in [0, 0.1) is 6.92 Å². The van der Waals surface area contributed by atoms with Crippen LogP contribution in [-0.4, -0.2) is 24.3 Å². The zero-order valence-corrected chi connectivity index (χ0v) is 12.3. The maximum Gasteiger partial charge on any atom is 0.339 e. The van der Waals surface area contributed by atoms with Gasteiger partial charge < -0.3 is 14.6 Å². The van der Waals surface area contributed by atoms with Crippen molar-refractivity contribution in [1.82, 2.24) is 0 Å². The molecule has 0 heterocycles. The van der Waals surface area contributed by atoms with Gasteiger partial charge in [0.05, 0.1) is 0 Å². The van der Waals surface area contributed by atoms with E-state index >= 15 is 0 Å². The quantitative estimate of drug-likeness (QED) is 0.825. The van der Waals surface area contributed by atoms with Crippen LogP contribution in [0.3, 0.4) is 0 Å². The number of aromatic carboxylic acids is 1. The van der Waals surface area contributed by atoms with Crippen LogP contribution >= 0.6 is 11.6 Å². The summed E-state index contributed by atoms with van der Waals surface area (Å²) >= 11 is 5.85. The molecule has 0 aliphatic rings. The fourth-order valence-corrected chi connectivity index (χ4v) is 1.99. The molecular weight excluding hydrogens is 292 g/mol. The lowest BCUT2D eigenvalue weighted by Gasteiger charge is -2.11. The number of carboxylic acid groups (broad SMARTS) is 1. The number of aryl methyl sites for hydroxylation is 1. The van der Waals surface area contributed by atoms with Crippen LogP contribution in [-0.2, 0) is 0 Å². The van der Waals surface area contributed by atoms with Gasteiger partial charge >= 0.3 is 5.97 Å². The third-order valence-electron chi connectivity index (χ3n) is 2.77. The Bertz CT molecular complexity index is 640. The highest BCUT2D eigenvalue weighted by atomic mass is 35.5. The average Bonchev–Trinajstić information content (AvgIpc) is 2.44. The third-order valence-corrected chi connectivity index (χ3v) is 3.01. The standard InChI is InChI=1S/C16H15ClO4/c1-11-5-6-15(14(9-11)16(18)19)21-8-7-20-13-4-2-3-12(17)10-13/h2-6,9-10H,7-8H2,1H3,(H,18,19). The van der Waals surface area contributed by atoms with Gasteiger partial charge in [-0.25, -0.2) is 4.79 Å². The number of carboxylic acids is 1. The van der Waals surface area contributed by atoms with Crippen LogP contribution < -0.4 is 9.47 Å². The van der Waals surface area contributed by atoms with Gasteiger partial charge in [0, 0.05) is 5.02 Å². The van der Waals surface area contributed by atoms with Gasteiger partial charge in [0.2, 0.25) is 0 Å². The lowest BCUT2D eigenvalue weighted by molar-refractivity contribution is 0.0691. The van der Waals surface area contributed by atoms with E-state index in [1.807, 2.05) is 6.92 Å². The molecule has 0 spiro atoms. The SMILES string of the molecule is Cc1ccc(OCCOc2cccc(Cl)c2)c(C(=O)O)c1. The van der Waals surface area contributed by atoms with Gasteiger partial charge in [-0.05, 0) is 37.3 Å². The molecule has 0 aliphatic carbocycles. The Hall–Kier alpha value is -2.20. The zero-order valence-electron chi connectivity index (χ0n) is 11.5. The van der Waals surface area contributed by atoms with Gasteiger partial charge in [-0.3, -0.25) is 0 Å². The minimum Gasteiger partial charge on any atom is -0.490 e. The highest BCUT2D eigenvalue weighted by Crippen LogP contribution is 2.20. The van der Waals surface area contributed by atoms with Gasteiger partial charge in [-0.2, -0.15) is 0 Å². The van der Waals surface area contributed by atoms with Gasteiger partial charge in [0.1, 0.15) is 30.3 Å². The van der Waals surface area contributed by atoms with E-state index in [9.17, 15) is 4.79 Å². The summed E-state index contributed by atoms with van der Waals surface area (Å²) in [5.74, 6) is -0.0271. The summed E-state index contributed by atoms with van der Waals surface area (Å²) in [5.41, 5.74) is 1.02. The highest BCUT2D eigenvalue weighted by molar-refractivity contribution is 6.30. The minimum atomic E-state index is -1.01. The van der Waals surface area contributed by atoms with Crippen LogP contribution in [0.25, 0.3) is 0 Å². The topological polar surface area (TPSA) is 55.8 Å². The molecule has 2 rings (SSSR count). The Labute approximate surface area is 127 Å². The molecule has 0 saturated heterocycles. The number of ether oxygens (including phenoxy) is 2. The van der Waals surface area contributed by atoms with Crippen LogP contribution in [0.4, 0.5) is 0 Å². The van der Waals surface area contributed by atoms with Crippen molar-refractivity contribution < 1.29 is 19.4 Å². The molecule has 0 bridgehead atoms. The fourth-order valence-electron chi connectivity index (χ4n) is 1.80. The molecule has 0 atom stereocenters. The van der Waals surface area contributed by atoms with Crippen LogP contribution in [0.15, 0.2) is 42.5 Å². The Morgan fingerprint density at radius 1 is 1.14 bits per heavy atom. The molecular formula is C16H15ClO4. The first kappa shape index (κ1) is 15.2. The molecule has 0 aromatic heterocycles. The van der Waals surface area contributed by atoms with Crippen LogP contribution in [0.5, 0.6) is 11.5 Å². The Kier molecular flexibility index (Phi) is 5.06. The summed E-state index contributed by atoms with van der Waals surface area (Å²) in [5, 5.41) is 9.73. The molecule has 0 amide bonds. The molecule has 110 valence electrons. The van der Waals surface area contributed by atoms with Gasteiger partial charge in [-0.1, -0.05) is 29.3 Å². The molecule has 0 unspecified atom stereocenters. The Balaban J connectivity index is 1.90. The van der Waals surface area contributed by atoms with Crippen molar-refractivity contribution in [2.45, 2.75) is 6.92 Å². The molecule has 0 saturated carbocycles. The number of hydrogen-bond acceptors (Lipinski definition) is 3. The van der Waals surface area contributed by atoms with Crippen molar-refractivity contribution in [2.75, 3.05) is 13.2 Å². The second-order valence-electron chi connectivity index (χ2n) is 4.46. The Morgan fingerprint density at radius 3 is 2.62 bits per heavy atom. The second-order valence-corrected chi connectivity index (χ2v) is 4.90. The maximum absolute atomic E-state index is 11.1. The second kappa shape index (κ2) is 6.99. The van der Waals surface area contributed by atoms with Gasteiger partial charge in [-0.15, -0.1) is 0 Å². The fraction of sp³-hybridized carbons (Fsp3) is 0.188. The van der Waals surface area contributed by atoms with Crippen molar-refractivity contribution in [3.8, 4) is 11.5 Å². The first-order valence-corrected chi connectivity index (χ1v) is 6.79. The molecule has 0 aliphatic heterocycles. The van der Waals surface area contributed by atoms with E-state index in [4.69, 9.17) is 26.2 Å². The van der Waals surface area contributed by atoms with Crippen LogP contribution in [0.2, 0.25) is 5.02 Å². The average molecular weight is 307 g/mol. The van der Waals surface area contributed by atoms with Gasteiger partial charge in [0.25, 0.3) is 0 Å². The van der Waals surface area contributed by atoms with Crippen molar-refractivity contribution in [1.29, 1.82) is 0 Å². The summed E-state index contributed by atoms with van der Waals surface area (Å²) in [6, 6.07) is 12.1. The minimum absolute atomic E-state index is 0.151. The van der Waals surface area contributed by atoms with E-state index in [1.54, 1.807) is 42.5 Å². The van der Waals surface area contributed by atoms with E-state index in [1.165, 1.54) is 0 Å². The lowest BCUT2D eigenvalue weighted by Crippen LogP contribution is -2.11. The summed E-state index contributed by atoms with van der Waals surface area (Å²) < 4.78 is 10.9. The highest BCUT2D eigenvalue weighted by Gasteiger charge is 2.11. The summed E-state index contributed by atoms with van der Waals surface area (Å²) in [6.45, 7) is 2.38. The van der Waals surface area contributed by atoms with E-state index in [2.05, 4.69) is 0 Å². The van der Waals surface area contributed by atoms with E-state index in [0.29, 0.717) is 23.1 Å². The summed E-state index contributed by atoms with van der Waals surface area (Å²) in [7, 11) is 0. The number of halogens is 1. The lowest BCUT2D eigenvalue weighted by atomic mass is 10.1. The zero-order chi connectivity index (χ0) is 15.2. The monoisotopic (exact) mass is 306 g/mol. The largest absolute Gasteiger partial charge is 0.490 e. The molecule has 1 N–H and O–H groups in total. The van der Waals surface area contributed by atoms with E-state index < -0.39 is 5.97 Å². The van der Waals surface area contributed by atoms with Crippen molar-refractivity contribution in [3.63, 3.8) is 0 Å². The molecule has 0 radical (unpaired) electrons. The molecule has 4 nitrogen and oxygen atoms in total.